The zero-order chi connectivity index (χ0) is 12.4. The van der Waals surface area contributed by atoms with E-state index < -0.39 is 0 Å². The fourth-order valence-corrected chi connectivity index (χ4v) is 2.92. The second-order valence-electron chi connectivity index (χ2n) is 6.03. The summed E-state index contributed by atoms with van der Waals surface area (Å²) in [5.74, 6) is 1.72. The standard InChI is InChI=1S/C14H24N2O2/c17-13(9-15-8-12-2-1-7-18-12)16-14(10-3-4-10)11-5-6-11/h10-12,14-15H,1-9H2,(H,16,17). The van der Waals surface area contributed by atoms with E-state index >= 15 is 0 Å². The molecule has 1 atom stereocenters. The van der Waals surface area contributed by atoms with Crippen molar-refractivity contribution in [3.05, 3.63) is 0 Å². The third kappa shape index (κ3) is 3.45. The first-order valence-corrected chi connectivity index (χ1v) is 7.44. The number of hydrogen-bond donors (Lipinski definition) is 2. The summed E-state index contributed by atoms with van der Waals surface area (Å²) in [5, 5.41) is 6.44. The zero-order valence-electron chi connectivity index (χ0n) is 11.0. The molecular weight excluding hydrogens is 228 g/mol. The zero-order valence-corrected chi connectivity index (χ0v) is 11.0. The van der Waals surface area contributed by atoms with Gasteiger partial charge in [-0.15, -0.1) is 0 Å². The third-order valence-electron chi connectivity index (χ3n) is 4.27. The molecule has 3 fully saturated rings. The first-order chi connectivity index (χ1) is 8.83. The molecule has 1 saturated heterocycles. The minimum Gasteiger partial charge on any atom is -0.377 e. The van der Waals surface area contributed by atoms with Gasteiger partial charge in [0.2, 0.25) is 5.91 Å². The first-order valence-electron chi connectivity index (χ1n) is 7.44. The SMILES string of the molecule is O=C(CNCC1CCCO1)NC(C1CC1)C1CC1. The van der Waals surface area contributed by atoms with Crippen LogP contribution < -0.4 is 10.6 Å². The van der Waals surface area contributed by atoms with Gasteiger partial charge in [-0.25, -0.2) is 0 Å². The number of ether oxygens (including phenoxy) is 1. The van der Waals surface area contributed by atoms with E-state index in [1.807, 2.05) is 0 Å². The molecule has 1 aliphatic heterocycles. The number of hydrogen-bond acceptors (Lipinski definition) is 3. The fourth-order valence-electron chi connectivity index (χ4n) is 2.92. The molecular formula is C14H24N2O2. The van der Waals surface area contributed by atoms with Crippen molar-refractivity contribution in [1.82, 2.24) is 10.6 Å². The molecule has 3 rings (SSSR count). The molecule has 0 radical (unpaired) electrons. The van der Waals surface area contributed by atoms with Gasteiger partial charge in [0.25, 0.3) is 0 Å². The maximum absolute atomic E-state index is 11.9. The van der Waals surface area contributed by atoms with Crippen molar-refractivity contribution in [2.45, 2.75) is 50.7 Å². The predicted molar refractivity (Wildman–Crippen MR) is 69.2 cm³/mol. The molecule has 0 aromatic carbocycles. The highest BCUT2D eigenvalue weighted by Crippen LogP contribution is 2.44. The van der Waals surface area contributed by atoms with Crippen LogP contribution in [0.25, 0.3) is 0 Å². The molecule has 3 aliphatic rings. The lowest BCUT2D eigenvalue weighted by Gasteiger charge is -2.18. The quantitative estimate of drug-likeness (QED) is 0.712. The van der Waals surface area contributed by atoms with Crippen molar-refractivity contribution >= 4 is 5.91 Å². The summed E-state index contributed by atoms with van der Waals surface area (Å²) in [5.41, 5.74) is 0. The van der Waals surface area contributed by atoms with Crippen LogP contribution in [0.1, 0.15) is 38.5 Å². The molecule has 2 aliphatic carbocycles. The molecule has 18 heavy (non-hydrogen) atoms. The van der Waals surface area contributed by atoms with Crippen molar-refractivity contribution in [2.75, 3.05) is 19.7 Å². The molecule has 4 nitrogen and oxygen atoms in total. The second-order valence-corrected chi connectivity index (χ2v) is 6.03. The van der Waals surface area contributed by atoms with Crippen LogP contribution in [-0.4, -0.2) is 37.7 Å². The van der Waals surface area contributed by atoms with E-state index in [-0.39, 0.29) is 5.91 Å². The minimum absolute atomic E-state index is 0.164. The van der Waals surface area contributed by atoms with E-state index in [1.54, 1.807) is 0 Å². The lowest BCUT2D eigenvalue weighted by Crippen LogP contribution is -2.43. The van der Waals surface area contributed by atoms with Crippen molar-refractivity contribution < 1.29 is 9.53 Å². The Hall–Kier alpha value is -0.610. The molecule has 2 N–H and O–H groups in total. The van der Waals surface area contributed by atoms with Gasteiger partial charge in [-0.2, -0.15) is 0 Å². The molecule has 102 valence electrons. The predicted octanol–water partition coefficient (Wildman–Crippen LogP) is 1.06. The van der Waals surface area contributed by atoms with Gasteiger partial charge in [0.15, 0.2) is 0 Å². The van der Waals surface area contributed by atoms with Crippen LogP contribution in [0.4, 0.5) is 0 Å². The Balaban J connectivity index is 1.33. The average molecular weight is 252 g/mol. The van der Waals surface area contributed by atoms with Gasteiger partial charge in [0.1, 0.15) is 0 Å². The van der Waals surface area contributed by atoms with Gasteiger partial charge in [-0.3, -0.25) is 4.79 Å². The molecule has 0 spiro atoms. The molecule has 1 amide bonds. The summed E-state index contributed by atoms with van der Waals surface area (Å²) in [6.45, 7) is 2.13. The van der Waals surface area contributed by atoms with Crippen LogP contribution in [0.3, 0.4) is 0 Å². The van der Waals surface area contributed by atoms with E-state index in [9.17, 15) is 4.79 Å². The van der Waals surface area contributed by atoms with Gasteiger partial charge in [-0.1, -0.05) is 0 Å². The van der Waals surface area contributed by atoms with Crippen LogP contribution in [0.5, 0.6) is 0 Å². The van der Waals surface area contributed by atoms with Crippen molar-refractivity contribution in [3.8, 4) is 0 Å². The van der Waals surface area contributed by atoms with Crippen LogP contribution in [0.15, 0.2) is 0 Å². The molecule has 1 heterocycles. The monoisotopic (exact) mass is 252 g/mol. The van der Waals surface area contributed by atoms with Gasteiger partial charge in [0.05, 0.1) is 12.6 Å². The Labute approximate surface area is 109 Å². The number of rotatable bonds is 7. The summed E-state index contributed by atoms with van der Waals surface area (Å²) in [6, 6.07) is 0.474. The summed E-state index contributed by atoms with van der Waals surface area (Å²) >= 11 is 0. The van der Waals surface area contributed by atoms with Gasteiger partial charge in [0, 0.05) is 19.2 Å². The Morgan fingerprint density at radius 3 is 2.44 bits per heavy atom. The van der Waals surface area contributed by atoms with Crippen LogP contribution in [0.2, 0.25) is 0 Å². The van der Waals surface area contributed by atoms with Crippen molar-refractivity contribution in [2.24, 2.45) is 11.8 Å². The maximum atomic E-state index is 11.9. The Morgan fingerprint density at radius 2 is 1.89 bits per heavy atom. The molecule has 1 unspecified atom stereocenters. The number of nitrogens with one attached hydrogen (secondary N) is 2. The van der Waals surface area contributed by atoms with Crippen molar-refractivity contribution in [3.63, 3.8) is 0 Å². The highest BCUT2D eigenvalue weighted by molar-refractivity contribution is 5.78. The normalized spacial score (nSPS) is 27.7. The average Bonchev–Trinajstić information content (AvgIpc) is 3.27. The number of carbonyl (C=O) groups is 1. The molecule has 2 saturated carbocycles. The Morgan fingerprint density at radius 1 is 1.17 bits per heavy atom. The highest BCUT2D eigenvalue weighted by Gasteiger charge is 2.42. The van der Waals surface area contributed by atoms with Crippen LogP contribution in [0, 0.1) is 11.8 Å². The number of carbonyl (C=O) groups excluding carboxylic acids is 1. The molecule has 0 aromatic heterocycles. The largest absolute Gasteiger partial charge is 0.377 e. The second kappa shape index (κ2) is 5.57. The van der Waals surface area contributed by atoms with E-state index in [0.717, 1.165) is 37.8 Å². The van der Waals surface area contributed by atoms with E-state index in [4.69, 9.17) is 4.74 Å². The minimum atomic E-state index is 0.164. The Bertz CT molecular complexity index is 282. The topological polar surface area (TPSA) is 50.4 Å². The lowest BCUT2D eigenvalue weighted by molar-refractivity contribution is -0.121. The summed E-state index contributed by atoms with van der Waals surface area (Å²) in [4.78, 5) is 11.9. The first kappa shape index (κ1) is 12.4. The maximum Gasteiger partial charge on any atom is 0.234 e. The van der Waals surface area contributed by atoms with Crippen LogP contribution in [-0.2, 0) is 9.53 Å². The van der Waals surface area contributed by atoms with Gasteiger partial charge in [-0.05, 0) is 50.4 Å². The van der Waals surface area contributed by atoms with Gasteiger partial charge < -0.3 is 15.4 Å². The summed E-state index contributed by atoms with van der Waals surface area (Å²) in [7, 11) is 0. The Kier molecular flexibility index (Phi) is 3.85. The van der Waals surface area contributed by atoms with Gasteiger partial charge >= 0.3 is 0 Å². The molecule has 0 aromatic rings. The van der Waals surface area contributed by atoms with Crippen molar-refractivity contribution in [1.29, 1.82) is 0 Å². The summed E-state index contributed by atoms with van der Waals surface area (Å²) in [6.07, 6.45) is 7.84. The summed E-state index contributed by atoms with van der Waals surface area (Å²) < 4.78 is 5.52. The lowest BCUT2D eigenvalue weighted by atomic mass is 10.1. The van der Waals surface area contributed by atoms with E-state index in [2.05, 4.69) is 10.6 Å². The molecule has 0 bridgehead atoms. The molecule has 4 heteroatoms. The van der Waals surface area contributed by atoms with E-state index in [0.29, 0.717) is 18.7 Å². The third-order valence-corrected chi connectivity index (χ3v) is 4.27. The van der Waals surface area contributed by atoms with Crippen LogP contribution >= 0.6 is 0 Å². The van der Waals surface area contributed by atoms with E-state index in [1.165, 1.54) is 25.7 Å². The highest BCUT2D eigenvalue weighted by atomic mass is 16.5. The number of amides is 1. The fraction of sp³-hybridized carbons (Fsp3) is 0.929. The smallest absolute Gasteiger partial charge is 0.234 e.